The first kappa shape index (κ1) is 48.9. The second kappa shape index (κ2) is 19.9. The zero-order chi connectivity index (χ0) is 55.6. The predicted molar refractivity (Wildman–Crippen MR) is 342 cm³/mol. The van der Waals surface area contributed by atoms with E-state index in [0.29, 0.717) is 11.6 Å². The van der Waals surface area contributed by atoms with Gasteiger partial charge in [0.25, 0.3) is 0 Å². The number of rotatable bonds is 10. The maximum atomic E-state index is 5.45. The first-order valence-electron chi connectivity index (χ1n) is 28.8. The molecule has 0 bridgehead atoms. The molecular formula is C80H52N4. The van der Waals surface area contributed by atoms with E-state index < -0.39 is 10.8 Å². The van der Waals surface area contributed by atoms with Crippen molar-refractivity contribution in [3.05, 3.63) is 360 Å². The van der Waals surface area contributed by atoms with Crippen LogP contribution in [-0.4, -0.2) is 19.9 Å². The van der Waals surface area contributed by atoms with Gasteiger partial charge < -0.3 is 0 Å². The van der Waals surface area contributed by atoms with Gasteiger partial charge in [-0.15, -0.1) is 0 Å². The van der Waals surface area contributed by atoms with Gasteiger partial charge in [-0.05, 0) is 102 Å². The van der Waals surface area contributed by atoms with Gasteiger partial charge in [-0.2, -0.15) is 0 Å². The smallest absolute Gasteiger partial charge is 0.160 e. The lowest BCUT2D eigenvalue weighted by molar-refractivity contribution is 0.768. The molecule has 0 unspecified atom stereocenters. The minimum absolute atomic E-state index is 0.558. The van der Waals surface area contributed by atoms with Crippen LogP contribution in [0.25, 0.3) is 101 Å². The van der Waals surface area contributed by atoms with Gasteiger partial charge in [-0.3, -0.25) is 0 Å². The Hall–Kier alpha value is -10.9. The summed E-state index contributed by atoms with van der Waals surface area (Å²) in [7, 11) is 0. The Bertz CT molecular complexity index is 4430. The highest BCUT2D eigenvalue weighted by atomic mass is 14.9. The van der Waals surface area contributed by atoms with Crippen LogP contribution < -0.4 is 0 Å². The minimum atomic E-state index is -0.558. The van der Waals surface area contributed by atoms with E-state index in [4.69, 9.17) is 19.9 Å². The normalized spacial score (nSPS) is 13.2. The first-order chi connectivity index (χ1) is 41.6. The molecule has 0 aliphatic heterocycles. The van der Waals surface area contributed by atoms with E-state index in [9.17, 15) is 0 Å². The molecule has 2 aliphatic carbocycles. The fraction of sp³-hybridized carbons (Fsp3) is 0.0250. The summed E-state index contributed by atoms with van der Waals surface area (Å²) in [5.41, 5.74) is 22.9. The van der Waals surface area contributed by atoms with Crippen LogP contribution >= 0.6 is 0 Å². The van der Waals surface area contributed by atoms with Gasteiger partial charge >= 0.3 is 0 Å². The monoisotopic (exact) mass is 1070 g/mol. The average Bonchev–Trinajstić information content (AvgIpc) is 1.63. The molecule has 2 aromatic heterocycles. The molecule has 2 heterocycles. The van der Waals surface area contributed by atoms with Crippen LogP contribution in [0.15, 0.2) is 315 Å². The molecule has 0 fully saturated rings. The second-order valence-electron chi connectivity index (χ2n) is 21.9. The van der Waals surface area contributed by atoms with Gasteiger partial charge in [0.2, 0.25) is 0 Å². The average molecular weight is 1070 g/mol. The Morgan fingerprint density at radius 1 is 0.190 bits per heavy atom. The van der Waals surface area contributed by atoms with E-state index in [-0.39, 0.29) is 0 Å². The van der Waals surface area contributed by atoms with Gasteiger partial charge in [0.1, 0.15) is 0 Å². The maximum Gasteiger partial charge on any atom is 0.160 e. The molecule has 4 heteroatoms. The number of hydrogen-bond donors (Lipinski definition) is 0. The third-order valence-electron chi connectivity index (χ3n) is 17.5. The van der Waals surface area contributed by atoms with Gasteiger partial charge in [0.05, 0.1) is 33.6 Å². The summed E-state index contributed by atoms with van der Waals surface area (Å²) < 4.78 is 0. The summed E-state index contributed by atoms with van der Waals surface area (Å²) in [6.07, 6.45) is 0. The van der Waals surface area contributed by atoms with Crippen molar-refractivity contribution in [1.29, 1.82) is 0 Å². The van der Waals surface area contributed by atoms with Crippen LogP contribution in [0, 0.1) is 0 Å². The molecule has 0 saturated carbocycles. The van der Waals surface area contributed by atoms with Crippen LogP contribution in [0.1, 0.15) is 44.5 Å². The summed E-state index contributed by atoms with van der Waals surface area (Å²) >= 11 is 0. The van der Waals surface area contributed by atoms with Crippen molar-refractivity contribution < 1.29 is 0 Å². The molecule has 2 aliphatic rings. The Balaban J connectivity index is 0.870. The van der Waals surface area contributed by atoms with E-state index in [0.717, 1.165) is 66.9 Å². The van der Waals surface area contributed by atoms with Crippen molar-refractivity contribution in [2.75, 3.05) is 0 Å². The predicted octanol–water partition coefficient (Wildman–Crippen LogP) is 19.1. The molecule has 12 aromatic carbocycles. The Labute approximate surface area is 488 Å². The third-order valence-corrected chi connectivity index (χ3v) is 17.5. The lowest BCUT2D eigenvalue weighted by Gasteiger charge is -2.34. The molecular weight excluding hydrogens is 1020 g/mol. The molecule has 0 spiro atoms. The van der Waals surface area contributed by atoms with Gasteiger partial charge in [0.15, 0.2) is 11.6 Å². The van der Waals surface area contributed by atoms with Crippen molar-refractivity contribution in [2.45, 2.75) is 10.8 Å². The fourth-order valence-corrected chi connectivity index (χ4v) is 13.9. The van der Waals surface area contributed by atoms with E-state index in [2.05, 4.69) is 303 Å². The third kappa shape index (κ3) is 7.68. The van der Waals surface area contributed by atoms with Crippen LogP contribution in [0.2, 0.25) is 0 Å². The standard InChI is InChI=1S/C80H52N4/c1-7-25-53(26-8-1)77-81-73(55-45-47-65-63-37-19-21-43-69(63)79(71(65)49-55,57-29-11-3-12-30-57)58-31-13-4-14-32-58)51-75(83-77)67-41-23-40-62-61(67)39-24-42-68(62)76-52-74(82-78(84-76)54-27-9-2-10-28-54)56-46-48-66-64-38-20-22-44-70(64)80(72(66)50-56,59-33-15-5-16-34-59)60-35-17-6-18-36-60/h1-52H. The Morgan fingerprint density at radius 3 is 0.857 bits per heavy atom. The van der Waals surface area contributed by atoms with Crippen molar-refractivity contribution in [3.63, 3.8) is 0 Å². The van der Waals surface area contributed by atoms with E-state index in [1.807, 2.05) is 12.1 Å². The zero-order valence-electron chi connectivity index (χ0n) is 45.8. The summed E-state index contributed by atoms with van der Waals surface area (Å²) in [5.74, 6) is 1.32. The highest BCUT2D eigenvalue weighted by Gasteiger charge is 2.47. The lowest BCUT2D eigenvalue weighted by Crippen LogP contribution is -2.28. The van der Waals surface area contributed by atoms with E-state index in [1.165, 1.54) is 66.8 Å². The Kier molecular flexibility index (Phi) is 11.6. The number of aromatic nitrogens is 4. The molecule has 0 saturated heterocycles. The van der Waals surface area contributed by atoms with Gasteiger partial charge in [-0.25, -0.2) is 19.9 Å². The SMILES string of the molecule is c1ccc(-c2nc(-c3ccc4c(c3)C(c3ccccc3)(c3ccccc3)c3ccccc3-4)cc(-c3cccc4c(-c5cc(-c6ccc7c(c6)C(c6ccccc6)(c6ccccc6)c6ccccc6-7)nc(-c6ccccc6)n5)cccc34)n2)cc1. The number of hydrogen-bond acceptors (Lipinski definition) is 4. The summed E-state index contributed by atoms with van der Waals surface area (Å²) in [5, 5.41) is 2.12. The molecule has 4 nitrogen and oxygen atoms in total. The molecule has 84 heavy (non-hydrogen) atoms. The van der Waals surface area contributed by atoms with Gasteiger partial charge in [-0.1, -0.05) is 291 Å². The van der Waals surface area contributed by atoms with Crippen LogP contribution in [0.4, 0.5) is 0 Å². The van der Waals surface area contributed by atoms with Crippen molar-refractivity contribution in [1.82, 2.24) is 19.9 Å². The van der Waals surface area contributed by atoms with E-state index in [1.54, 1.807) is 0 Å². The second-order valence-corrected chi connectivity index (χ2v) is 21.9. The molecule has 0 N–H and O–H groups in total. The first-order valence-corrected chi connectivity index (χ1v) is 28.8. The lowest BCUT2D eigenvalue weighted by atomic mass is 9.67. The van der Waals surface area contributed by atoms with Crippen LogP contribution in [-0.2, 0) is 10.8 Å². The molecule has 0 amide bonds. The topological polar surface area (TPSA) is 51.6 Å². The number of fused-ring (bicyclic) bond motifs is 7. The maximum absolute atomic E-state index is 5.45. The van der Waals surface area contributed by atoms with E-state index >= 15 is 0 Å². The summed E-state index contributed by atoms with van der Waals surface area (Å²) in [6.45, 7) is 0. The summed E-state index contributed by atoms with van der Waals surface area (Å²) in [6, 6.07) is 114. The van der Waals surface area contributed by atoms with Crippen molar-refractivity contribution >= 4 is 10.8 Å². The quantitative estimate of drug-likeness (QED) is 0.137. The van der Waals surface area contributed by atoms with Crippen molar-refractivity contribution in [2.24, 2.45) is 0 Å². The molecule has 14 aromatic rings. The molecule has 0 atom stereocenters. The largest absolute Gasteiger partial charge is 0.228 e. The number of nitrogens with zero attached hydrogens (tertiary/aromatic N) is 4. The van der Waals surface area contributed by atoms with Crippen LogP contribution in [0.5, 0.6) is 0 Å². The highest BCUT2D eigenvalue weighted by molar-refractivity contribution is 6.04. The number of benzene rings is 12. The highest BCUT2D eigenvalue weighted by Crippen LogP contribution is 2.58. The zero-order valence-corrected chi connectivity index (χ0v) is 45.8. The van der Waals surface area contributed by atoms with Gasteiger partial charge in [0, 0.05) is 33.4 Å². The minimum Gasteiger partial charge on any atom is -0.228 e. The molecule has 392 valence electrons. The summed E-state index contributed by atoms with van der Waals surface area (Å²) in [4.78, 5) is 21.8. The van der Waals surface area contributed by atoms with Crippen molar-refractivity contribution in [3.8, 4) is 90.1 Å². The molecule has 0 radical (unpaired) electrons. The molecule has 16 rings (SSSR count). The van der Waals surface area contributed by atoms with Crippen LogP contribution in [0.3, 0.4) is 0 Å². The fourth-order valence-electron chi connectivity index (χ4n) is 13.9. The Morgan fingerprint density at radius 2 is 0.488 bits per heavy atom.